The van der Waals surface area contributed by atoms with E-state index in [4.69, 9.17) is 5.53 Å². The van der Waals surface area contributed by atoms with Crippen LogP contribution < -0.4 is 5.01 Å². The van der Waals surface area contributed by atoms with Gasteiger partial charge in [0.15, 0.2) is 5.92 Å². The molecule has 1 aliphatic heterocycles. The van der Waals surface area contributed by atoms with Gasteiger partial charge >= 0.3 is 11.1 Å². The van der Waals surface area contributed by atoms with Crippen molar-refractivity contribution in [2.45, 2.75) is 17.7 Å². The first-order valence-electron chi connectivity index (χ1n) is 9.57. The van der Waals surface area contributed by atoms with Crippen molar-refractivity contribution in [2.75, 3.05) is 18.1 Å². The second-order valence-electron chi connectivity index (χ2n) is 7.30. The molecule has 24 heteroatoms. The van der Waals surface area contributed by atoms with Crippen molar-refractivity contribution in [3.63, 3.8) is 0 Å². The zero-order chi connectivity index (χ0) is 30.0. The number of amides is 2. The number of carbonyl (C=O) groups is 3. The van der Waals surface area contributed by atoms with Crippen molar-refractivity contribution in [2.24, 2.45) is 11.1 Å². The van der Waals surface area contributed by atoms with E-state index in [9.17, 15) is 69.5 Å². The second-order valence-corrected chi connectivity index (χ2v) is 8.96. The first kappa shape index (κ1) is 30.5. The van der Waals surface area contributed by atoms with E-state index in [1.54, 1.807) is 0 Å². The highest BCUT2D eigenvalue weighted by Gasteiger charge is 2.66. The van der Waals surface area contributed by atoms with Gasteiger partial charge in [-0.1, -0.05) is 0 Å². The molecule has 212 valence electrons. The minimum atomic E-state index is -6.45. The van der Waals surface area contributed by atoms with Gasteiger partial charge in [-0.25, -0.2) is 23.0 Å². The number of hydrogen-bond donors (Lipinski definition) is 1. The van der Waals surface area contributed by atoms with Gasteiger partial charge in [0.05, 0.1) is 0 Å². The second kappa shape index (κ2) is 11.0. The number of halogens is 5. The molecule has 2 amide bonds. The average Bonchev–Trinajstić information content (AvgIpc) is 3.15. The Hall–Kier alpha value is -4.70. The number of rotatable bonds is 11. The molecule has 0 aliphatic carbocycles. The Morgan fingerprint density at radius 3 is 1.95 bits per heavy atom. The van der Waals surface area contributed by atoms with Crippen LogP contribution in [-0.4, -0.2) is 63.6 Å². The van der Waals surface area contributed by atoms with Gasteiger partial charge in [-0.2, -0.15) is 22.1 Å². The number of nitro groups is 1. The van der Waals surface area contributed by atoms with Gasteiger partial charge in [0, 0.05) is 17.8 Å². The van der Waals surface area contributed by atoms with Gasteiger partial charge in [0.25, 0.3) is 10.1 Å². The lowest BCUT2D eigenvalue weighted by Gasteiger charge is -2.40. The number of likely N-dealkylation sites (tertiary alicyclic amines) is 1. The Balaban J connectivity index is 3.07. The lowest BCUT2D eigenvalue weighted by atomic mass is 9.96. The lowest BCUT2D eigenvalue weighted by Crippen LogP contribution is -2.68. The number of hydrogen-bond acceptors (Lipinski definition) is 11. The average molecular weight is 591 g/mol. The standard InChI is InChI=1S/C15H10F5N7O11S/c16-8-9(17)11(19)13(12(20)10(8)18)24(23-22-21)4-15(39(35,36)37,26-6(28)1-2-7(26)29)5(3-25(31)32)14(30)38-27(33)34/h5H,1-4H2,(H,35,36,37). The number of nitrogens with zero attached hydrogens (tertiary/aromatic N) is 7. The maximum atomic E-state index is 14.5. The monoisotopic (exact) mass is 591 g/mol. The van der Waals surface area contributed by atoms with Crippen LogP contribution in [0.15, 0.2) is 5.22 Å². The van der Waals surface area contributed by atoms with Crippen molar-refractivity contribution in [3.8, 4) is 0 Å². The summed E-state index contributed by atoms with van der Waals surface area (Å²) >= 11 is 0. The van der Waals surface area contributed by atoms with Crippen LogP contribution in [0.25, 0.3) is 10.4 Å². The van der Waals surface area contributed by atoms with Crippen LogP contribution in [-0.2, 0) is 29.3 Å². The minimum Gasteiger partial charge on any atom is -0.284 e. The topological polar surface area (TPSA) is 256 Å². The maximum Gasteiger partial charge on any atom is 0.317 e. The molecule has 1 fully saturated rings. The molecule has 0 aromatic heterocycles. The van der Waals surface area contributed by atoms with E-state index in [-0.39, 0.29) is 0 Å². The zero-order valence-electron chi connectivity index (χ0n) is 18.4. The Morgan fingerprint density at radius 1 is 1.10 bits per heavy atom. The Labute approximate surface area is 210 Å². The number of carbonyl (C=O) groups excluding carboxylic acids is 3. The van der Waals surface area contributed by atoms with E-state index in [1.165, 1.54) is 0 Å². The Bertz CT molecular complexity index is 1390. The summed E-state index contributed by atoms with van der Waals surface area (Å²) in [6, 6.07) is 0. The van der Waals surface area contributed by atoms with Crippen molar-refractivity contribution >= 4 is 33.6 Å². The van der Waals surface area contributed by atoms with Crippen molar-refractivity contribution in [1.29, 1.82) is 0 Å². The molecule has 1 heterocycles. The summed E-state index contributed by atoms with van der Waals surface area (Å²) in [5.74, 6) is -23.0. The lowest BCUT2D eigenvalue weighted by molar-refractivity contribution is -0.731. The molecule has 0 spiro atoms. The summed E-state index contributed by atoms with van der Waals surface area (Å²) in [6.07, 6.45) is -1.84. The van der Waals surface area contributed by atoms with Crippen LogP contribution in [0.2, 0.25) is 0 Å². The van der Waals surface area contributed by atoms with Gasteiger partial charge in [0.1, 0.15) is 6.54 Å². The molecule has 39 heavy (non-hydrogen) atoms. The maximum absolute atomic E-state index is 14.5. The third-order valence-electron chi connectivity index (χ3n) is 5.17. The smallest absolute Gasteiger partial charge is 0.284 e. The van der Waals surface area contributed by atoms with E-state index in [0.717, 1.165) is 0 Å². The van der Waals surface area contributed by atoms with E-state index >= 15 is 0 Å². The fraction of sp³-hybridized carbons (Fsp3) is 0.400. The summed E-state index contributed by atoms with van der Waals surface area (Å²) in [5.41, 5.74) is 6.54. The molecule has 0 bridgehead atoms. The van der Waals surface area contributed by atoms with E-state index in [1.807, 2.05) is 4.91 Å². The van der Waals surface area contributed by atoms with Gasteiger partial charge in [-0.3, -0.25) is 34.0 Å². The third kappa shape index (κ3) is 5.46. The van der Waals surface area contributed by atoms with Crippen LogP contribution in [0.3, 0.4) is 0 Å². The Kier molecular flexibility index (Phi) is 8.58. The van der Waals surface area contributed by atoms with Crippen LogP contribution in [0, 0.1) is 55.2 Å². The number of anilines is 1. The fourth-order valence-electron chi connectivity index (χ4n) is 3.64. The van der Waals surface area contributed by atoms with Crippen LogP contribution in [0.1, 0.15) is 12.8 Å². The third-order valence-corrected chi connectivity index (χ3v) is 6.66. The normalized spacial score (nSPS) is 15.8. The van der Waals surface area contributed by atoms with E-state index in [2.05, 4.69) is 10.1 Å². The first-order valence-corrected chi connectivity index (χ1v) is 11.0. The Morgan fingerprint density at radius 2 is 1.56 bits per heavy atom. The molecule has 2 atom stereocenters. The SMILES string of the molecule is [N-]=[N+]=NN(CC(C(C[N+](=O)[O-])C(=O)O[N+](=O)[O-])(N1C(=O)CCC1=O)S(=O)(=O)O)c1c(F)c(F)c(F)c(F)c1F. The molecule has 1 aromatic rings. The summed E-state index contributed by atoms with van der Waals surface area (Å²) in [7, 11) is -6.45. The zero-order valence-corrected chi connectivity index (χ0v) is 19.2. The van der Waals surface area contributed by atoms with Gasteiger partial charge < -0.3 is 0 Å². The van der Waals surface area contributed by atoms with Crippen molar-refractivity contribution in [1.82, 2.24) is 4.90 Å². The van der Waals surface area contributed by atoms with Crippen molar-refractivity contribution < 1.29 is 64.2 Å². The molecule has 1 aliphatic rings. The van der Waals surface area contributed by atoms with Gasteiger partial charge in [-0.15, -0.1) is 15.6 Å². The van der Waals surface area contributed by atoms with Crippen LogP contribution in [0.5, 0.6) is 0 Å². The molecule has 2 rings (SSSR count). The highest BCUT2D eigenvalue weighted by Crippen LogP contribution is 2.40. The summed E-state index contributed by atoms with van der Waals surface area (Å²) in [5, 5.41) is 21.8. The molecule has 1 saturated heterocycles. The fourth-order valence-corrected chi connectivity index (χ4v) is 4.89. The summed E-state index contributed by atoms with van der Waals surface area (Å²) < 4.78 is 106. The first-order chi connectivity index (χ1) is 17.9. The summed E-state index contributed by atoms with van der Waals surface area (Å²) in [6.45, 7) is -4.48. The highest BCUT2D eigenvalue weighted by molar-refractivity contribution is 7.87. The number of azide groups is 1. The van der Waals surface area contributed by atoms with E-state index in [0.29, 0.717) is 0 Å². The van der Waals surface area contributed by atoms with Crippen molar-refractivity contribution in [3.05, 3.63) is 59.8 Å². The molecular weight excluding hydrogens is 581 g/mol. The molecule has 18 nitrogen and oxygen atoms in total. The predicted molar refractivity (Wildman–Crippen MR) is 107 cm³/mol. The minimum absolute atomic E-state index is 0.566. The molecule has 0 saturated carbocycles. The van der Waals surface area contributed by atoms with E-state index < -0.39 is 119 Å². The predicted octanol–water partition coefficient (Wildman–Crippen LogP) is 0.775. The number of benzene rings is 1. The molecule has 0 radical (unpaired) electrons. The largest absolute Gasteiger partial charge is 0.317 e. The van der Waals surface area contributed by atoms with Crippen LogP contribution >= 0.6 is 0 Å². The van der Waals surface area contributed by atoms with Gasteiger partial charge in [-0.05, 0) is 5.22 Å². The highest BCUT2D eigenvalue weighted by atomic mass is 32.2. The summed E-state index contributed by atoms with van der Waals surface area (Å²) in [4.78, 5) is 58.6. The van der Waals surface area contributed by atoms with Crippen LogP contribution in [0.4, 0.5) is 27.6 Å². The number of imide groups is 1. The molecule has 1 aromatic carbocycles. The quantitative estimate of drug-likeness (QED) is 0.0358. The molecule has 1 N–H and O–H groups in total. The molecular formula is C15H10F5N7O11S. The van der Waals surface area contributed by atoms with Gasteiger partial charge in [0.2, 0.25) is 58.0 Å². The molecule has 2 unspecified atom stereocenters.